The largest absolute Gasteiger partial charge is 0.324 e. The number of thioether (sulfide) groups is 1. The molecule has 0 spiro atoms. The Morgan fingerprint density at radius 2 is 1.84 bits per heavy atom. The molecule has 0 saturated carbocycles. The van der Waals surface area contributed by atoms with E-state index in [9.17, 15) is 9.59 Å². The lowest BCUT2D eigenvalue weighted by molar-refractivity contribution is -0.135. The second kappa shape index (κ2) is 6.67. The van der Waals surface area contributed by atoms with Crippen LogP contribution in [0, 0.1) is 0 Å². The minimum absolute atomic E-state index is 0.0542. The molecule has 4 nitrogen and oxygen atoms in total. The van der Waals surface area contributed by atoms with Gasteiger partial charge in [0.25, 0.3) is 0 Å². The summed E-state index contributed by atoms with van der Waals surface area (Å²) in [5.41, 5.74) is 3.24. The van der Waals surface area contributed by atoms with Gasteiger partial charge in [-0.15, -0.1) is 11.8 Å². The van der Waals surface area contributed by atoms with E-state index in [2.05, 4.69) is 58.1 Å². The predicted octanol–water partition coefficient (Wildman–Crippen LogP) is 4.33. The lowest BCUT2D eigenvalue weighted by atomic mass is 9.92. The number of rotatable bonds is 4. The molecule has 0 aliphatic carbocycles. The molecule has 5 heteroatoms. The summed E-state index contributed by atoms with van der Waals surface area (Å²) in [4.78, 5) is 27.0. The highest BCUT2D eigenvalue weighted by molar-refractivity contribution is 8.01. The van der Waals surface area contributed by atoms with Gasteiger partial charge in [0, 0.05) is 17.9 Å². The molecule has 2 heterocycles. The van der Waals surface area contributed by atoms with Crippen LogP contribution in [-0.4, -0.2) is 33.4 Å². The van der Waals surface area contributed by atoms with E-state index in [1.54, 1.807) is 11.8 Å². The Kier molecular flexibility index (Phi) is 4.89. The molecule has 25 heavy (non-hydrogen) atoms. The summed E-state index contributed by atoms with van der Waals surface area (Å²) < 4.78 is 0. The first kappa shape index (κ1) is 18.3. The number of fused-ring (bicyclic) bond motifs is 1. The van der Waals surface area contributed by atoms with Gasteiger partial charge in [0.05, 0.1) is 4.87 Å². The molecular formula is C20H28N2O2S. The number of amides is 2. The third kappa shape index (κ3) is 3.19. The average Bonchev–Trinajstić information content (AvgIpc) is 3.03. The summed E-state index contributed by atoms with van der Waals surface area (Å²) in [6.45, 7) is 10.6. The van der Waals surface area contributed by atoms with Crippen LogP contribution in [0.4, 0.5) is 5.69 Å². The fraction of sp³-hybridized carbons (Fsp3) is 0.600. The van der Waals surface area contributed by atoms with Crippen LogP contribution < -0.4 is 5.32 Å². The zero-order valence-corrected chi connectivity index (χ0v) is 16.6. The Morgan fingerprint density at radius 1 is 1.24 bits per heavy atom. The van der Waals surface area contributed by atoms with Crippen molar-refractivity contribution in [3.63, 3.8) is 0 Å². The number of nitrogens with zero attached hydrogens (tertiary/aromatic N) is 1. The van der Waals surface area contributed by atoms with Crippen molar-refractivity contribution in [2.45, 2.75) is 70.2 Å². The molecule has 1 N–H and O–H groups in total. The first-order chi connectivity index (χ1) is 11.7. The van der Waals surface area contributed by atoms with Gasteiger partial charge < -0.3 is 10.2 Å². The zero-order chi connectivity index (χ0) is 18.4. The van der Waals surface area contributed by atoms with Gasteiger partial charge in [0.15, 0.2) is 0 Å². The third-order valence-corrected chi connectivity index (χ3v) is 6.87. The highest BCUT2D eigenvalue weighted by Gasteiger charge is 2.52. The number of carbonyl (C=O) groups is 2. The third-order valence-electron chi connectivity index (χ3n) is 5.37. The minimum Gasteiger partial charge on any atom is -0.324 e. The Morgan fingerprint density at radius 3 is 2.40 bits per heavy atom. The Bertz CT molecular complexity index is 675. The van der Waals surface area contributed by atoms with E-state index in [-0.39, 0.29) is 22.7 Å². The molecule has 3 rings (SSSR count). The quantitative estimate of drug-likeness (QED) is 0.869. The molecule has 0 radical (unpaired) electrons. The summed E-state index contributed by atoms with van der Waals surface area (Å²) in [6.07, 6.45) is 1.38. The molecule has 2 aliphatic rings. The Balaban J connectivity index is 1.90. The minimum atomic E-state index is -0.370. The molecule has 0 bridgehead atoms. The van der Waals surface area contributed by atoms with E-state index < -0.39 is 0 Å². The maximum absolute atomic E-state index is 13.1. The lowest BCUT2D eigenvalue weighted by Gasteiger charge is -2.30. The van der Waals surface area contributed by atoms with E-state index in [0.717, 1.165) is 23.2 Å². The van der Waals surface area contributed by atoms with Crippen LogP contribution in [0.3, 0.4) is 0 Å². The number of hydrogen-bond acceptors (Lipinski definition) is 3. The molecule has 0 aromatic heterocycles. The van der Waals surface area contributed by atoms with Gasteiger partial charge in [0.1, 0.15) is 6.04 Å². The van der Waals surface area contributed by atoms with Crippen LogP contribution in [0.25, 0.3) is 0 Å². The fourth-order valence-corrected chi connectivity index (χ4v) is 5.35. The van der Waals surface area contributed by atoms with E-state index in [1.165, 1.54) is 0 Å². The van der Waals surface area contributed by atoms with Crippen LogP contribution in [0.5, 0.6) is 0 Å². The van der Waals surface area contributed by atoms with Gasteiger partial charge in [-0.2, -0.15) is 0 Å². The van der Waals surface area contributed by atoms with E-state index in [4.69, 9.17) is 0 Å². The summed E-state index contributed by atoms with van der Waals surface area (Å²) in [5, 5.41) is 3.19. The number of hydrogen-bond donors (Lipinski definition) is 1. The molecule has 2 aliphatic heterocycles. The van der Waals surface area contributed by atoms with E-state index in [1.807, 2.05) is 4.90 Å². The van der Waals surface area contributed by atoms with Gasteiger partial charge in [-0.3, -0.25) is 9.59 Å². The van der Waals surface area contributed by atoms with Crippen molar-refractivity contribution in [1.29, 1.82) is 0 Å². The first-order valence-corrected chi connectivity index (χ1v) is 10.1. The van der Waals surface area contributed by atoms with E-state index in [0.29, 0.717) is 24.0 Å². The topological polar surface area (TPSA) is 49.4 Å². The van der Waals surface area contributed by atoms with Crippen LogP contribution in [-0.2, 0) is 9.59 Å². The van der Waals surface area contributed by atoms with Crippen LogP contribution >= 0.6 is 11.8 Å². The van der Waals surface area contributed by atoms with Crippen molar-refractivity contribution >= 4 is 29.3 Å². The second-order valence-electron chi connectivity index (χ2n) is 7.88. The number of anilines is 1. The number of benzene rings is 1. The molecule has 1 aromatic rings. The van der Waals surface area contributed by atoms with Gasteiger partial charge in [-0.1, -0.05) is 45.9 Å². The summed E-state index contributed by atoms with van der Waals surface area (Å²) in [5.74, 6) is 1.38. The average molecular weight is 361 g/mol. The SMILES string of the molecule is CC(C)c1cccc(C(C)C)c1NC(=O)[C@@H]1CS[C@]2(C)CCC(=O)N12. The van der Waals surface area contributed by atoms with Crippen molar-refractivity contribution < 1.29 is 9.59 Å². The molecule has 2 fully saturated rings. The zero-order valence-electron chi connectivity index (χ0n) is 15.8. The van der Waals surface area contributed by atoms with Crippen molar-refractivity contribution in [2.75, 3.05) is 11.1 Å². The van der Waals surface area contributed by atoms with Crippen molar-refractivity contribution in [3.05, 3.63) is 29.3 Å². The van der Waals surface area contributed by atoms with Crippen LogP contribution in [0.2, 0.25) is 0 Å². The highest BCUT2D eigenvalue weighted by Crippen LogP contribution is 2.47. The summed E-state index contributed by atoms with van der Waals surface area (Å²) >= 11 is 1.73. The highest BCUT2D eigenvalue weighted by atomic mass is 32.2. The van der Waals surface area contributed by atoms with Crippen molar-refractivity contribution in [1.82, 2.24) is 4.90 Å². The summed E-state index contributed by atoms with van der Waals surface area (Å²) in [7, 11) is 0. The number of para-hydroxylation sites is 1. The number of carbonyl (C=O) groups excluding carboxylic acids is 2. The monoisotopic (exact) mass is 360 g/mol. The molecule has 1 aromatic carbocycles. The smallest absolute Gasteiger partial charge is 0.248 e. The van der Waals surface area contributed by atoms with Gasteiger partial charge in [-0.05, 0) is 36.3 Å². The molecule has 2 amide bonds. The molecule has 2 atom stereocenters. The maximum atomic E-state index is 13.1. The van der Waals surface area contributed by atoms with Gasteiger partial charge in [-0.25, -0.2) is 0 Å². The standard InChI is InChI=1S/C20H28N2O2S/c1-12(2)14-7-6-8-15(13(3)4)18(14)21-19(24)16-11-25-20(5)10-9-17(23)22(16)20/h6-8,12-13,16H,9-11H2,1-5H3,(H,21,24)/t16-,20+/m0/s1. The molecule has 2 saturated heterocycles. The van der Waals surface area contributed by atoms with Gasteiger partial charge in [0.2, 0.25) is 11.8 Å². The Hall–Kier alpha value is -1.49. The van der Waals surface area contributed by atoms with Crippen LogP contribution in [0.15, 0.2) is 18.2 Å². The van der Waals surface area contributed by atoms with Crippen molar-refractivity contribution in [3.8, 4) is 0 Å². The molecule has 136 valence electrons. The van der Waals surface area contributed by atoms with Crippen molar-refractivity contribution in [2.24, 2.45) is 0 Å². The maximum Gasteiger partial charge on any atom is 0.248 e. The second-order valence-corrected chi connectivity index (χ2v) is 9.38. The Labute approximate surface area is 154 Å². The normalized spacial score (nSPS) is 25.8. The molecule has 0 unspecified atom stereocenters. The number of nitrogens with one attached hydrogen (secondary N) is 1. The lowest BCUT2D eigenvalue weighted by Crippen LogP contribution is -2.48. The van der Waals surface area contributed by atoms with E-state index >= 15 is 0 Å². The molecular weight excluding hydrogens is 332 g/mol. The van der Waals surface area contributed by atoms with Gasteiger partial charge >= 0.3 is 0 Å². The summed E-state index contributed by atoms with van der Waals surface area (Å²) in [6, 6.07) is 5.86. The first-order valence-electron chi connectivity index (χ1n) is 9.14. The fourth-order valence-electron chi connectivity index (χ4n) is 3.92. The predicted molar refractivity (Wildman–Crippen MR) is 104 cm³/mol. The van der Waals surface area contributed by atoms with Crippen LogP contribution in [0.1, 0.15) is 70.4 Å².